The SMILES string of the molecule is NCCCNC(=O)c1cn2ncnc(N)c2c1-c1ccc(NC(=O)Nc2cc(C(F)(F)F)ccc2F)cc1. The van der Waals surface area contributed by atoms with Gasteiger partial charge in [-0.3, -0.25) is 4.79 Å². The summed E-state index contributed by atoms with van der Waals surface area (Å²) in [6.07, 6.45) is -1.34. The first kappa shape index (κ1) is 26.3. The highest BCUT2D eigenvalue weighted by molar-refractivity contribution is 6.07. The van der Waals surface area contributed by atoms with Crippen LogP contribution in [-0.4, -0.2) is 39.6 Å². The van der Waals surface area contributed by atoms with Crippen molar-refractivity contribution in [3.05, 3.63) is 71.9 Å². The number of aromatic nitrogens is 3. The molecule has 0 bridgehead atoms. The largest absolute Gasteiger partial charge is 0.416 e. The predicted molar refractivity (Wildman–Crippen MR) is 133 cm³/mol. The number of alkyl halides is 3. The highest BCUT2D eigenvalue weighted by Crippen LogP contribution is 2.34. The molecule has 38 heavy (non-hydrogen) atoms. The van der Waals surface area contributed by atoms with Crippen molar-refractivity contribution in [2.24, 2.45) is 5.73 Å². The molecule has 2 aromatic carbocycles. The monoisotopic (exact) mass is 530 g/mol. The van der Waals surface area contributed by atoms with Crippen LogP contribution in [0.4, 0.5) is 39.5 Å². The maximum Gasteiger partial charge on any atom is 0.416 e. The zero-order valence-corrected chi connectivity index (χ0v) is 19.6. The van der Waals surface area contributed by atoms with Gasteiger partial charge in [0.1, 0.15) is 17.7 Å². The standard InChI is InChI=1S/C24H22F4N8O2/c25-17-7-4-14(24(26,27)28)10-18(17)35-23(38)34-15-5-2-13(3-6-15)19-16(22(37)31-9-1-8-29)11-36-20(19)21(30)32-12-33-36/h2-7,10-12H,1,8-9,29H2,(H,31,37)(H2,30,32,33)(H2,34,35,38). The number of nitrogens with zero attached hydrogens (tertiary/aromatic N) is 3. The summed E-state index contributed by atoms with van der Waals surface area (Å²) in [6.45, 7) is 0.776. The number of carbonyl (C=O) groups excluding carboxylic acids is 2. The summed E-state index contributed by atoms with van der Waals surface area (Å²) < 4.78 is 54.1. The average Bonchev–Trinajstić information content (AvgIpc) is 3.26. The molecular formula is C24H22F4N8O2. The number of hydrogen-bond acceptors (Lipinski definition) is 6. The molecule has 14 heteroatoms. The lowest BCUT2D eigenvalue weighted by Gasteiger charge is -2.12. The third-order valence-electron chi connectivity index (χ3n) is 5.49. The molecule has 4 aromatic rings. The van der Waals surface area contributed by atoms with Crippen molar-refractivity contribution < 1.29 is 27.2 Å². The van der Waals surface area contributed by atoms with Gasteiger partial charge < -0.3 is 27.4 Å². The van der Waals surface area contributed by atoms with Gasteiger partial charge in [-0.05, 0) is 48.9 Å². The molecule has 0 saturated carbocycles. The quantitative estimate of drug-likeness (QED) is 0.181. The van der Waals surface area contributed by atoms with Crippen molar-refractivity contribution in [2.75, 3.05) is 29.5 Å². The molecule has 10 nitrogen and oxygen atoms in total. The molecule has 0 aliphatic carbocycles. The van der Waals surface area contributed by atoms with Gasteiger partial charge in [-0.15, -0.1) is 0 Å². The van der Waals surface area contributed by atoms with E-state index in [-0.39, 0.29) is 23.0 Å². The molecule has 3 amide bonds. The maximum atomic E-state index is 14.0. The van der Waals surface area contributed by atoms with Crippen LogP contribution in [-0.2, 0) is 6.18 Å². The Morgan fingerprint density at radius 2 is 1.79 bits per heavy atom. The molecule has 2 aromatic heterocycles. The van der Waals surface area contributed by atoms with E-state index < -0.39 is 29.3 Å². The number of amides is 3. The van der Waals surface area contributed by atoms with Gasteiger partial charge in [0, 0.05) is 24.0 Å². The van der Waals surface area contributed by atoms with Gasteiger partial charge >= 0.3 is 12.2 Å². The Hall–Kier alpha value is -4.72. The lowest BCUT2D eigenvalue weighted by molar-refractivity contribution is -0.137. The Kier molecular flexibility index (Phi) is 7.43. The number of fused-ring (bicyclic) bond motifs is 1. The number of nitrogen functional groups attached to an aromatic ring is 1. The van der Waals surface area contributed by atoms with E-state index in [1.807, 2.05) is 0 Å². The highest BCUT2D eigenvalue weighted by atomic mass is 19.4. The zero-order chi connectivity index (χ0) is 27.4. The molecule has 0 radical (unpaired) electrons. The molecule has 2 heterocycles. The lowest BCUT2D eigenvalue weighted by atomic mass is 10.0. The Bertz CT molecular complexity index is 1490. The van der Waals surface area contributed by atoms with E-state index in [1.165, 1.54) is 29.2 Å². The van der Waals surface area contributed by atoms with Crippen LogP contribution in [0.1, 0.15) is 22.3 Å². The lowest BCUT2D eigenvalue weighted by Crippen LogP contribution is -2.26. The van der Waals surface area contributed by atoms with E-state index >= 15 is 0 Å². The summed E-state index contributed by atoms with van der Waals surface area (Å²) in [5, 5.41) is 11.4. The summed E-state index contributed by atoms with van der Waals surface area (Å²) in [4.78, 5) is 29.2. The Morgan fingerprint density at radius 1 is 1.05 bits per heavy atom. The zero-order valence-electron chi connectivity index (χ0n) is 19.6. The normalized spacial score (nSPS) is 11.4. The second-order valence-corrected chi connectivity index (χ2v) is 8.10. The van der Waals surface area contributed by atoms with Crippen LogP contribution in [0.5, 0.6) is 0 Å². The molecule has 0 aliphatic rings. The van der Waals surface area contributed by atoms with Gasteiger partial charge in [-0.2, -0.15) is 18.3 Å². The molecule has 0 spiro atoms. The Labute approximate surface area is 213 Å². The average molecular weight is 530 g/mol. The first-order valence-corrected chi connectivity index (χ1v) is 11.2. The molecule has 0 fully saturated rings. The molecule has 0 saturated heterocycles. The number of anilines is 3. The van der Waals surface area contributed by atoms with Crippen molar-refractivity contribution in [1.82, 2.24) is 19.9 Å². The molecule has 0 aliphatic heterocycles. The number of halogens is 4. The van der Waals surface area contributed by atoms with Crippen LogP contribution in [0.2, 0.25) is 0 Å². The molecular weight excluding hydrogens is 508 g/mol. The van der Waals surface area contributed by atoms with Crippen LogP contribution in [0.15, 0.2) is 55.0 Å². The second-order valence-electron chi connectivity index (χ2n) is 8.10. The predicted octanol–water partition coefficient (Wildman–Crippen LogP) is 3.86. The number of nitrogens with two attached hydrogens (primary N) is 2. The summed E-state index contributed by atoms with van der Waals surface area (Å²) in [7, 11) is 0. The van der Waals surface area contributed by atoms with E-state index in [1.54, 1.807) is 12.1 Å². The van der Waals surface area contributed by atoms with Crippen LogP contribution in [0.3, 0.4) is 0 Å². The van der Waals surface area contributed by atoms with Gasteiger partial charge in [-0.1, -0.05) is 12.1 Å². The van der Waals surface area contributed by atoms with Gasteiger partial charge in [0.15, 0.2) is 5.82 Å². The highest BCUT2D eigenvalue weighted by Gasteiger charge is 2.31. The van der Waals surface area contributed by atoms with Gasteiger partial charge in [0.25, 0.3) is 5.91 Å². The second kappa shape index (κ2) is 10.7. The smallest absolute Gasteiger partial charge is 0.382 e. The number of rotatable bonds is 7. The third kappa shape index (κ3) is 5.64. The summed E-state index contributed by atoms with van der Waals surface area (Å²) in [6, 6.07) is 6.93. The number of nitrogens with one attached hydrogen (secondary N) is 3. The minimum absolute atomic E-state index is 0.140. The topological polar surface area (TPSA) is 152 Å². The molecule has 0 unspecified atom stereocenters. The van der Waals surface area contributed by atoms with E-state index in [9.17, 15) is 27.2 Å². The van der Waals surface area contributed by atoms with Gasteiger partial charge in [-0.25, -0.2) is 18.7 Å². The van der Waals surface area contributed by atoms with Crippen molar-refractivity contribution in [3.63, 3.8) is 0 Å². The first-order chi connectivity index (χ1) is 18.1. The molecule has 7 N–H and O–H groups in total. The van der Waals surface area contributed by atoms with Gasteiger partial charge in [0.05, 0.1) is 16.8 Å². The van der Waals surface area contributed by atoms with E-state index in [2.05, 4.69) is 26.0 Å². The minimum Gasteiger partial charge on any atom is -0.382 e. The fraction of sp³-hybridized carbons (Fsp3) is 0.167. The van der Waals surface area contributed by atoms with Crippen molar-refractivity contribution in [3.8, 4) is 11.1 Å². The van der Waals surface area contributed by atoms with Crippen LogP contribution >= 0.6 is 0 Å². The summed E-state index contributed by atoms with van der Waals surface area (Å²) >= 11 is 0. The Balaban J connectivity index is 1.57. The van der Waals surface area contributed by atoms with Crippen molar-refractivity contribution >= 4 is 34.6 Å². The van der Waals surface area contributed by atoms with Crippen LogP contribution in [0.25, 0.3) is 16.6 Å². The molecule has 198 valence electrons. The van der Waals surface area contributed by atoms with Crippen LogP contribution < -0.4 is 27.4 Å². The molecule has 0 atom stereocenters. The minimum atomic E-state index is -4.70. The summed E-state index contributed by atoms with van der Waals surface area (Å²) in [5.74, 6) is -1.26. The fourth-order valence-corrected chi connectivity index (χ4v) is 3.70. The summed E-state index contributed by atoms with van der Waals surface area (Å²) in [5.41, 5.74) is 11.8. The third-order valence-corrected chi connectivity index (χ3v) is 5.49. The number of carbonyl (C=O) groups is 2. The number of urea groups is 1. The van der Waals surface area contributed by atoms with Crippen LogP contribution in [0, 0.1) is 5.82 Å². The van der Waals surface area contributed by atoms with Crippen molar-refractivity contribution in [1.29, 1.82) is 0 Å². The number of benzene rings is 2. The van der Waals surface area contributed by atoms with Crippen molar-refractivity contribution in [2.45, 2.75) is 12.6 Å². The van der Waals surface area contributed by atoms with E-state index in [0.29, 0.717) is 54.4 Å². The van der Waals surface area contributed by atoms with E-state index in [4.69, 9.17) is 11.5 Å². The number of hydrogen-bond donors (Lipinski definition) is 5. The fourth-order valence-electron chi connectivity index (χ4n) is 3.70. The Morgan fingerprint density at radius 3 is 2.47 bits per heavy atom. The molecule has 4 rings (SSSR count). The van der Waals surface area contributed by atoms with Gasteiger partial charge in [0.2, 0.25) is 0 Å². The first-order valence-electron chi connectivity index (χ1n) is 11.2. The van der Waals surface area contributed by atoms with E-state index in [0.717, 1.165) is 0 Å². The maximum absolute atomic E-state index is 14.0.